The van der Waals surface area contributed by atoms with E-state index in [1.165, 1.54) is 15.7 Å². The maximum Gasteiger partial charge on any atom is 0.332 e. The highest BCUT2D eigenvalue weighted by molar-refractivity contribution is 6.36. The minimum absolute atomic E-state index is 0.0231. The van der Waals surface area contributed by atoms with Crippen molar-refractivity contribution in [2.45, 2.75) is 19.4 Å². The third-order valence-corrected chi connectivity index (χ3v) is 4.52. The minimum Gasteiger partial charge on any atom is -0.479 e. The first kappa shape index (κ1) is 15.6. The van der Waals surface area contributed by atoms with Crippen LogP contribution in [-0.4, -0.2) is 53.0 Å². The van der Waals surface area contributed by atoms with E-state index in [1.807, 2.05) is 6.92 Å². The lowest BCUT2D eigenvalue weighted by Crippen LogP contribution is -2.44. The highest BCUT2D eigenvalue weighted by Gasteiger charge is 2.39. The van der Waals surface area contributed by atoms with Crippen LogP contribution in [0.3, 0.4) is 0 Å². The molecule has 1 aliphatic rings. The summed E-state index contributed by atoms with van der Waals surface area (Å²) >= 11 is 6.27. The van der Waals surface area contributed by atoms with Crippen LogP contribution in [0.15, 0.2) is 18.7 Å². The molecule has 0 aromatic carbocycles. The van der Waals surface area contributed by atoms with E-state index >= 15 is 0 Å². The van der Waals surface area contributed by atoms with Crippen molar-refractivity contribution < 1.29 is 14.7 Å². The normalized spacial score (nSPS) is 16.9. The van der Waals surface area contributed by atoms with Gasteiger partial charge < -0.3 is 15.0 Å². The van der Waals surface area contributed by atoms with E-state index in [2.05, 4.69) is 20.1 Å². The van der Waals surface area contributed by atoms with Gasteiger partial charge in [-0.15, -0.1) is 0 Å². The van der Waals surface area contributed by atoms with E-state index < -0.39 is 17.9 Å². The van der Waals surface area contributed by atoms with Gasteiger partial charge in [-0.25, -0.2) is 19.3 Å². The first-order valence-corrected chi connectivity index (χ1v) is 7.91. The predicted octanol–water partition coefficient (Wildman–Crippen LogP) is 1.24. The van der Waals surface area contributed by atoms with Gasteiger partial charge in [-0.3, -0.25) is 4.79 Å². The molecule has 4 rings (SSSR count). The highest BCUT2D eigenvalue weighted by Crippen LogP contribution is 2.31. The van der Waals surface area contributed by atoms with E-state index in [9.17, 15) is 14.7 Å². The largest absolute Gasteiger partial charge is 0.479 e. The number of imidazole rings is 1. The zero-order valence-electron chi connectivity index (χ0n) is 13.1. The van der Waals surface area contributed by atoms with Crippen LogP contribution in [0.5, 0.6) is 0 Å². The van der Waals surface area contributed by atoms with Gasteiger partial charge in [0.05, 0.1) is 12.0 Å². The lowest BCUT2D eigenvalue weighted by Gasteiger charge is -2.31. The zero-order chi connectivity index (χ0) is 17.7. The topological polar surface area (TPSA) is 116 Å². The van der Waals surface area contributed by atoms with Crippen molar-refractivity contribution >= 4 is 29.1 Å². The van der Waals surface area contributed by atoms with Crippen LogP contribution >= 0.6 is 11.6 Å². The van der Waals surface area contributed by atoms with Gasteiger partial charge in [-0.1, -0.05) is 11.6 Å². The summed E-state index contributed by atoms with van der Waals surface area (Å²) in [6.45, 7) is 2.06. The first-order valence-electron chi connectivity index (χ1n) is 7.53. The monoisotopic (exact) mass is 360 g/mol. The molecule has 1 amide bonds. The van der Waals surface area contributed by atoms with Crippen molar-refractivity contribution in [1.29, 1.82) is 0 Å². The smallest absolute Gasteiger partial charge is 0.332 e. The van der Waals surface area contributed by atoms with Crippen LogP contribution in [0, 0.1) is 6.92 Å². The number of hydrogen-bond acceptors (Lipinski definition) is 5. The third-order valence-electron chi connectivity index (χ3n) is 4.17. The minimum atomic E-state index is -1.18. The number of carbonyl (C=O) groups excluding carboxylic acids is 1. The lowest BCUT2D eigenvalue weighted by atomic mass is 10.0. The van der Waals surface area contributed by atoms with Gasteiger partial charge in [-0.05, 0) is 12.5 Å². The maximum absolute atomic E-state index is 13.0. The van der Waals surface area contributed by atoms with Gasteiger partial charge in [0, 0.05) is 31.1 Å². The van der Waals surface area contributed by atoms with Gasteiger partial charge in [-0.2, -0.15) is 5.10 Å². The average molecular weight is 361 g/mol. The number of carboxylic acid groups (broad SMARTS) is 1. The molecule has 9 nitrogen and oxygen atoms in total. The van der Waals surface area contributed by atoms with Gasteiger partial charge >= 0.3 is 5.97 Å². The van der Waals surface area contributed by atoms with E-state index in [0.29, 0.717) is 17.8 Å². The molecule has 0 unspecified atom stereocenters. The Hall–Kier alpha value is -2.94. The summed E-state index contributed by atoms with van der Waals surface area (Å²) in [5.74, 6) is -1.72. The summed E-state index contributed by atoms with van der Waals surface area (Å²) in [4.78, 5) is 37.1. The standard InChI is InChI=1S/C15H13ClN6O3/c1-7-4-17-13-9(16)11(20-22(13)5-7)14(23)21-3-2-8-10(19-6-18-8)12(21)15(24)25/h4-6,12H,2-3H2,1H3,(H,18,19)(H,24,25)/t12-/m1/s1. The Labute approximate surface area is 146 Å². The summed E-state index contributed by atoms with van der Waals surface area (Å²) < 4.78 is 1.42. The fourth-order valence-electron chi connectivity index (χ4n) is 3.02. The molecule has 10 heteroatoms. The molecule has 0 spiro atoms. The number of rotatable bonds is 2. The lowest BCUT2D eigenvalue weighted by molar-refractivity contribution is -0.143. The quantitative estimate of drug-likeness (QED) is 0.710. The molecule has 2 N–H and O–H groups in total. The molecule has 0 fully saturated rings. The Morgan fingerprint density at radius 3 is 2.96 bits per heavy atom. The summed E-state index contributed by atoms with van der Waals surface area (Å²) in [7, 11) is 0. The molecule has 3 aromatic heterocycles. The van der Waals surface area contributed by atoms with E-state index in [0.717, 1.165) is 11.3 Å². The SMILES string of the molecule is Cc1cnc2c(Cl)c(C(=O)N3CCc4[nH]cnc4[C@@H]3C(=O)O)nn2c1. The number of carbonyl (C=O) groups is 2. The van der Waals surface area contributed by atoms with E-state index in [1.54, 1.807) is 12.4 Å². The Balaban J connectivity index is 1.78. The summed E-state index contributed by atoms with van der Waals surface area (Å²) in [5, 5.41) is 13.9. The molecule has 1 atom stereocenters. The van der Waals surface area contributed by atoms with Gasteiger partial charge in [0.1, 0.15) is 5.02 Å². The number of H-pyrrole nitrogens is 1. The molecular weight excluding hydrogens is 348 g/mol. The fraction of sp³-hybridized carbons (Fsp3) is 0.267. The second-order valence-corrected chi connectivity index (χ2v) is 6.20. The number of hydrogen-bond donors (Lipinski definition) is 2. The van der Waals surface area contributed by atoms with Crippen LogP contribution in [-0.2, 0) is 11.2 Å². The van der Waals surface area contributed by atoms with Crippen molar-refractivity contribution in [3.63, 3.8) is 0 Å². The molecule has 0 aliphatic carbocycles. The summed E-state index contributed by atoms with van der Waals surface area (Å²) in [6, 6.07) is -1.18. The average Bonchev–Trinajstić information content (AvgIpc) is 3.17. The van der Waals surface area contributed by atoms with Crippen LogP contribution in [0.4, 0.5) is 0 Å². The summed E-state index contributed by atoms with van der Waals surface area (Å²) in [5.41, 5.74) is 2.23. The van der Waals surface area contributed by atoms with Crippen molar-refractivity contribution in [3.05, 3.63) is 46.4 Å². The van der Waals surface area contributed by atoms with Crippen LogP contribution in [0.25, 0.3) is 5.65 Å². The fourth-order valence-corrected chi connectivity index (χ4v) is 3.27. The van der Waals surface area contributed by atoms with Crippen molar-refractivity contribution in [1.82, 2.24) is 29.5 Å². The molecule has 0 saturated carbocycles. The molecule has 25 heavy (non-hydrogen) atoms. The molecule has 3 aromatic rings. The second-order valence-electron chi connectivity index (χ2n) is 5.82. The number of fused-ring (bicyclic) bond motifs is 2. The first-order chi connectivity index (χ1) is 12.0. The van der Waals surface area contributed by atoms with Crippen LogP contribution in [0.1, 0.15) is 33.5 Å². The number of nitrogens with one attached hydrogen (secondary N) is 1. The number of halogens is 1. The Kier molecular flexibility index (Phi) is 3.46. The van der Waals surface area contributed by atoms with E-state index in [4.69, 9.17) is 11.6 Å². The Morgan fingerprint density at radius 1 is 1.40 bits per heavy atom. The number of aromatic amines is 1. The number of amides is 1. The van der Waals surface area contributed by atoms with E-state index in [-0.39, 0.29) is 17.3 Å². The molecule has 0 radical (unpaired) electrons. The Bertz CT molecular complexity index is 1010. The molecule has 128 valence electrons. The molecular formula is C15H13ClN6O3. The number of nitrogens with zero attached hydrogens (tertiary/aromatic N) is 5. The number of aliphatic carboxylic acids is 1. The van der Waals surface area contributed by atoms with Gasteiger partial charge in [0.2, 0.25) is 0 Å². The number of aromatic nitrogens is 5. The highest BCUT2D eigenvalue weighted by atomic mass is 35.5. The van der Waals surface area contributed by atoms with Crippen LogP contribution < -0.4 is 0 Å². The van der Waals surface area contributed by atoms with Crippen molar-refractivity contribution in [2.75, 3.05) is 6.54 Å². The third kappa shape index (κ3) is 2.35. The number of aryl methyl sites for hydroxylation is 1. The van der Waals surface area contributed by atoms with Gasteiger partial charge in [0.25, 0.3) is 5.91 Å². The molecule has 4 heterocycles. The molecule has 0 saturated heterocycles. The zero-order valence-corrected chi connectivity index (χ0v) is 13.9. The second kappa shape index (κ2) is 5.55. The predicted molar refractivity (Wildman–Crippen MR) is 86.4 cm³/mol. The van der Waals surface area contributed by atoms with Crippen molar-refractivity contribution in [2.24, 2.45) is 0 Å². The molecule has 1 aliphatic heterocycles. The number of carboxylic acids is 1. The summed E-state index contributed by atoms with van der Waals surface area (Å²) in [6.07, 6.45) is 5.22. The molecule has 0 bridgehead atoms. The maximum atomic E-state index is 13.0. The Morgan fingerprint density at radius 2 is 2.20 bits per heavy atom. The van der Waals surface area contributed by atoms with Gasteiger partial charge in [0.15, 0.2) is 17.4 Å². The van der Waals surface area contributed by atoms with Crippen LogP contribution in [0.2, 0.25) is 5.02 Å². The van der Waals surface area contributed by atoms with Crippen molar-refractivity contribution in [3.8, 4) is 0 Å².